The van der Waals surface area contributed by atoms with Crippen molar-refractivity contribution in [2.75, 3.05) is 26.7 Å². The second kappa shape index (κ2) is 7.23. The molecule has 7 heteroatoms. The molecule has 0 saturated carbocycles. The molecule has 2 N–H and O–H groups in total. The Balaban J connectivity index is 1.73. The lowest BCUT2D eigenvalue weighted by Gasteiger charge is -2.17. The van der Waals surface area contributed by atoms with Crippen molar-refractivity contribution >= 4 is 23.2 Å². The van der Waals surface area contributed by atoms with Crippen LogP contribution >= 0.6 is 11.3 Å². The van der Waals surface area contributed by atoms with Crippen molar-refractivity contribution in [3.63, 3.8) is 0 Å². The second-order valence-electron chi connectivity index (χ2n) is 4.75. The molecule has 0 radical (unpaired) electrons. The molecular weight excluding hydrogens is 274 g/mol. The molecule has 1 amide bonds. The number of nitrogens with one attached hydrogen (secondary N) is 2. The summed E-state index contributed by atoms with van der Waals surface area (Å²) in [5.74, 6) is 0.765. The lowest BCUT2D eigenvalue weighted by atomic mass is 10.4. The Morgan fingerprint density at radius 3 is 2.80 bits per heavy atom. The van der Waals surface area contributed by atoms with Crippen LogP contribution < -0.4 is 10.6 Å². The Morgan fingerprint density at radius 2 is 2.20 bits per heavy atom. The molecule has 1 aliphatic rings. The van der Waals surface area contributed by atoms with Crippen molar-refractivity contribution in [1.82, 2.24) is 20.5 Å². The maximum atomic E-state index is 11.9. The van der Waals surface area contributed by atoms with Gasteiger partial charge in [0.1, 0.15) is 5.01 Å². The normalized spacial score (nSPS) is 15.5. The van der Waals surface area contributed by atoms with Gasteiger partial charge in [0, 0.05) is 31.2 Å². The van der Waals surface area contributed by atoms with Crippen LogP contribution in [0.25, 0.3) is 0 Å². The van der Waals surface area contributed by atoms with Gasteiger partial charge in [-0.2, -0.15) is 0 Å². The van der Waals surface area contributed by atoms with Crippen molar-refractivity contribution in [1.29, 1.82) is 0 Å². The van der Waals surface area contributed by atoms with Gasteiger partial charge in [0.25, 0.3) is 0 Å². The number of rotatable bonds is 4. The number of guanidine groups is 1. The third-order valence-electron chi connectivity index (χ3n) is 3.16. The predicted molar refractivity (Wildman–Crippen MR) is 80.9 cm³/mol. The van der Waals surface area contributed by atoms with Crippen molar-refractivity contribution < 1.29 is 4.79 Å². The van der Waals surface area contributed by atoms with Gasteiger partial charge in [0.15, 0.2) is 5.96 Å². The number of thiazole rings is 1. The average Bonchev–Trinajstić information content (AvgIpc) is 3.10. The summed E-state index contributed by atoms with van der Waals surface area (Å²) in [6, 6.07) is 0. The van der Waals surface area contributed by atoms with Gasteiger partial charge in [0.05, 0.1) is 13.1 Å². The average molecular weight is 295 g/mol. The van der Waals surface area contributed by atoms with Crippen LogP contribution in [0.15, 0.2) is 10.4 Å². The zero-order valence-corrected chi connectivity index (χ0v) is 12.8. The van der Waals surface area contributed by atoms with E-state index >= 15 is 0 Å². The fraction of sp³-hybridized carbons (Fsp3) is 0.615. The van der Waals surface area contributed by atoms with Gasteiger partial charge in [-0.1, -0.05) is 0 Å². The summed E-state index contributed by atoms with van der Waals surface area (Å²) in [6.07, 6.45) is 2.23. The highest BCUT2D eigenvalue weighted by molar-refractivity contribution is 7.09. The minimum atomic E-state index is 0.135. The molecular formula is C13H21N5OS. The maximum Gasteiger partial charge on any atom is 0.241 e. The van der Waals surface area contributed by atoms with Crippen molar-refractivity contribution in [2.45, 2.75) is 26.3 Å². The highest BCUT2D eigenvalue weighted by Gasteiger charge is 2.17. The molecule has 0 atom stereocenters. The Morgan fingerprint density at radius 1 is 1.45 bits per heavy atom. The first-order valence-corrected chi connectivity index (χ1v) is 7.70. The molecule has 1 aliphatic heterocycles. The van der Waals surface area contributed by atoms with Gasteiger partial charge in [-0.15, -0.1) is 11.3 Å². The molecule has 2 rings (SSSR count). The van der Waals surface area contributed by atoms with Gasteiger partial charge in [-0.25, -0.2) is 4.98 Å². The first-order chi connectivity index (χ1) is 9.69. The van der Waals surface area contributed by atoms with Crippen molar-refractivity contribution in [3.8, 4) is 0 Å². The van der Waals surface area contributed by atoms with Gasteiger partial charge in [0.2, 0.25) is 5.91 Å². The van der Waals surface area contributed by atoms with E-state index in [1.807, 2.05) is 17.2 Å². The smallest absolute Gasteiger partial charge is 0.241 e. The van der Waals surface area contributed by atoms with E-state index in [1.54, 1.807) is 18.4 Å². The Labute approximate surface area is 123 Å². The number of aliphatic imine (C=N–C) groups is 1. The van der Waals surface area contributed by atoms with E-state index in [4.69, 9.17) is 0 Å². The third-order valence-corrected chi connectivity index (χ3v) is 4.13. The molecule has 1 aromatic heterocycles. The van der Waals surface area contributed by atoms with Crippen LogP contribution in [0.4, 0.5) is 0 Å². The summed E-state index contributed by atoms with van der Waals surface area (Å²) < 4.78 is 0. The predicted octanol–water partition coefficient (Wildman–Crippen LogP) is 0.739. The summed E-state index contributed by atoms with van der Waals surface area (Å²) in [6.45, 7) is 4.64. The molecule has 0 aliphatic carbocycles. The third kappa shape index (κ3) is 4.19. The fourth-order valence-corrected chi connectivity index (χ4v) is 2.81. The molecule has 1 saturated heterocycles. The molecule has 0 unspecified atom stereocenters. The van der Waals surface area contributed by atoms with Crippen LogP contribution in [0, 0.1) is 6.92 Å². The van der Waals surface area contributed by atoms with E-state index in [1.165, 1.54) is 0 Å². The van der Waals surface area contributed by atoms with Crippen molar-refractivity contribution in [2.24, 2.45) is 4.99 Å². The number of carbonyl (C=O) groups excluding carboxylic acids is 1. The maximum absolute atomic E-state index is 11.9. The Kier molecular flexibility index (Phi) is 5.34. The second-order valence-corrected chi connectivity index (χ2v) is 5.69. The largest absolute Gasteiger partial charge is 0.350 e. The first-order valence-electron chi connectivity index (χ1n) is 6.82. The number of nitrogens with zero attached hydrogens (tertiary/aromatic N) is 3. The van der Waals surface area contributed by atoms with Gasteiger partial charge < -0.3 is 15.5 Å². The number of likely N-dealkylation sites (tertiary alicyclic amines) is 1. The van der Waals surface area contributed by atoms with Crippen LogP contribution in [-0.2, 0) is 11.3 Å². The minimum absolute atomic E-state index is 0.135. The van der Waals surface area contributed by atoms with Crippen LogP contribution in [-0.4, -0.2) is 48.4 Å². The quantitative estimate of drug-likeness (QED) is 0.635. The SMILES string of the molecule is CN=C(NCC(=O)N1CCCC1)NCc1nc(C)cs1. The summed E-state index contributed by atoms with van der Waals surface area (Å²) >= 11 is 1.62. The summed E-state index contributed by atoms with van der Waals surface area (Å²) in [4.78, 5) is 22.3. The fourth-order valence-electron chi connectivity index (χ4n) is 2.10. The topological polar surface area (TPSA) is 69.6 Å². The molecule has 110 valence electrons. The standard InChI is InChI=1S/C13H21N5OS/c1-10-9-20-11(17-10)7-15-13(14-2)16-8-12(19)18-5-3-4-6-18/h9H,3-8H2,1-2H3,(H2,14,15,16). The van der Waals surface area contributed by atoms with Gasteiger partial charge in [-0.3, -0.25) is 9.79 Å². The van der Waals surface area contributed by atoms with Gasteiger partial charge in [-0.05, 0) is 19.8 Å². The highest BCUT2D eigenvalue weighted by Crippen LogP contribution is 2.08. The number of hydrogen-bond acceptors (Lipinski definition) is 4. The lowest BCUT2D eigenvalue weighted by molar-refractivity contribution is -0.128. The molecule has 6 nitrogen and oxygen atoms in total. The zero-order valence-electron chi connectivity index (χ0n) is 12.0. The van der Waals surface area contributed by atoms with E-state index in [9.17, 15) is 4.79 Å². The summed E-state index contributed by atoms with van der Waals surface area (Å²) in [7, 11) is 1.70. The number of aromatic nitrogens is 1. The van der Waals surface area contributed by atoms with Gasteiger partial charge >= 0.3 is 0 Å². The summed E-state index contributed by atoms with van der Waals surface area (Å²) in [5, 5.41) is 9.24. The summed E-state index contributed by atoms with van der Waals surface area (Å²) in [5.41, 5.74) is 1.03. The molecule has 1 aromatic rings. The highest BCUT2D eigenvalue weighted by atomic mass is 32.1. The molecule has 0 spiro atoms. The number of hydrogen-bond donors (Lipinski definition) is 2. The van der Waals surface area contributed by atoms with E-state index < -0.39 is 0 Å². The zero-order chi connectivity index (χ0) is 14.4. The van der Waals surface area contributed by atoms with E-state index in [2.05, 4.69) is 20.6 Å². The van der Waals surface area contributed by atoms with Crippen LogP contribution in [0.2, 0.25) is 0 Å². The van der Waals surface area contributed by atoms with Crippen LogP contribution in [0.3, 0.4) is 0 Å². The minimum Gasteiger partial charge on any atom is -0.350 e. The van der Waals surface area contributed by atoms with Crippen molar-refractivity contribution in [3.05, 3.63) is 16.1 Å². The Hall–Kier alpha value is -1.63. The molecule has 2 heterocycles. The monoisotopic (exact) mass is 295 g/mol. The van der Waals surface area contributed by atoms with Crippen LogP contribution in [0.1, 0.15) is 23.5 Å². The number of carbonyl (C=O) groups is 1. The van der Waals surface area contributed by atoms with E-state index in [-0.39, 0.29) is 12.5 Å². The van der Waals surface area contributed by atoms with Crippen LogP contribution in [0.5, 0.6) is 0 Å². The Bertz CT molecular complexity index is 479. The van der Waals surface area contributed by atoms with E-state index in [0.717, 1.165) is 36.6 Å². The van der Waals surface area contributed by atoms with E-state index in [0.29, 0.717) is 12.5 Å². The first kappa shape index (κ1) is 14.8. The molecule has 0 aromatic carbocycles. The molecule has 20 heavy (non-hydrogen) atoms. The number of aryl methyl sites for hydroxylation is 1. The lowest BCUT2D eigenvalue weighted by Crippen LogP contribution is -2.43. The number of amides is 1. The molecule has 0 bridgehead atoms. The molecule has 1 fully saturated rings.